The number of carbonyl (C=O) groups excluding carboxylic acids is 2. The lowest BCUT2D eigenvalue weighted by molar-refractivity contribution is -0.141. The van der Waals surface area contributed by atoms with E-state index in [0.717, 1.165) is 16.9 Å². The normalized spacial score (nSPS) is 11.6. The van der Waals surface area contributed by atoms with Crippen LogP contribution in [0.25, 0.3) is 0 Å². The Morgan fingerprint density at radius 3 is 2.67 bits per heavy atom. The summed E-state index contributed by atoms with van der Waals surface area (Å²) < 4.78 is 10.2. The van der Waals surface area contributed by atoms with Gasteiger partial charge in [0.15, 0.2) is 0 Å². The molecule has 0 aliphatic carbocycles. The SMILES string of the molecule is COC(=O)CC(C)NC(=O)CCOc1cc(C)ccc1C. The van der Waals surface area contributed by atoms with Gasteiger partial charge in [-0.25, -0.2) is 0 Å². The number of benzene rings is 1. The Hall–Kier alpha value is -2.04. The maximum absolute atomic E-state index is 11.7. The number of methoxy groups -OCH3 is 1. The van der Waals surface area contributed by atoms with Crippen molar-refractivity contribution in [1.82, 2.24) is 5.32 Å². The first-order chi connectivity index (χ1) is 9.92. The molecule has 1 atom stereocenters. The maximum atomic E-state index is 11.7. The molecule has 0 radical (unpaired) electrons. The molecule has 0 aromatic heterocycles. The molecular formula is C16H23NO4. The number of esters is 1. The van der Waals surface area contributed by atoms with E-state index in [1.54, 1.807) is 6.92 Å². The minimum atomic E-state index is -0.338. The summed E-state index contributed by atoms with van der Waals surface area (Å²) in [5.41, 5.74) is 2.16. The first-order valence-electron chi connectivity index (χ1n) is 6.98. The summed E-state index contributed by atoms with van der Waals surface area (Å²) in [4.78, 5) is 22.8. The van der Waals surface area contributed by atoms with Crippen LogP contribution in [0.3, 0.4) is 0 Å². The standard InChI is InChI=1S/C16H23NO4/c1-11-5-6-12(2)14(9-11)21-8-7-15(18)17-13(3)10-16(19)20-4/h5-6,9,13H,7-8,10H2,1-4H3,(H,17,18). The molecule has 1 aromatic rings. The molecule has 1 rings (SSSR count). The Morgan fingerprint density at radius 2 is 2.00 bits per heavy atom. The van der Waals surface area contributed by atoms with E-state index in [2.05, 4.69) is 10.1 Å². The van der Waals surface area contributed by atoms with Crippen LogP contribution in [-0.4, -0.2) is 31.6 Å². The number of hydrogen-bond donors (Lipinski definition) is 1. The summed E-state index contributed by atoms with van der Waals surface area (Å²) in [5.74, 6) is 0.316. The lowest BCUT2D eigenvalue weighted by Crippen LogP contribution is -2.35. The second-order valence-corrected chi connectivity index (χ2v) is 5.12. The molecule has 0 aliphatic heterocycles. The smallest absolute Gasteiger partial charge is 0.307 e. The van der Waals surface area contributed by atoms with Crippen LogP contribution in [0.5, 0.6) is 5.75 Å². The van der Waals surface area contributed by atoms with Gasteiger partial charge < -0.3 is 14.8 Å². The van der Waals surface area contributed by atoms with Gasteiger partial charge in [-0.2, -0.15) is 0 Å². The van der Waals surface area contributed by atoms with Gasteiger partial charge in [0, 0.05) is 6.04 Å². The molecule has 0 fully saturated rings. The Balaban J connectivity index is 2.33. The van der Waals surface area contributed by atoms with Crippen molar-refractivity contribution in [2.75, 3.05) is 13.7 Å². The molecule has 5 heteroatoms. The van der Waals surface area contributed by atoms with Gasteiger partial charge in [-0.3, -0.25) is 9.59 Å². The van der Waals surface area contributed by atoms with Crippen LogP contribution in [0.2, 0.25) is 0 Å². The van der Waals surface area contributed by atoms with E-state index in [1.807, 2.05) is 32.0 Å². The molecule has 1 amide bonds. The second kappa shape index (κ2) is 8.29. The molecule has 1 aromatic carbocycles. The van der Waals surface area contributed by atoms with Crippen molar-refractivity contribution in [2.24, 2.45) is 0 Å². The summed E-state index contributed by atoms with van der Waals surface area (Å²) in [6.45, 7) is 6.03. The molecular weight excluding hydrogens is 270 g/mol. The molecule has 5 nitrogen and oxygen atoms in total. The monoisotopic (exact) mass is 293 g/mol. The van der Waals surface area contributed by atoms with Gasteiger partial charge in [0.05, 0.1) is 26.6 Å². The van der Waals surface area contributed by atoms with Crippen molar-refractivity contribution in [3.05, 3.63) is 29.3 Å². The number of ether oxygens (including phenoxy) is 2. The number of aryl methyl sites for hydroxylation is 2. The fourth-order valence-corrected chi connectivity index (χ4v) is 1.85. The Morgan fingerprint density at radius 1 is 1.29 bits per heavy atom. The fraction of sp³-hybridized carbons (Fsp3) is 0.500. The lowest BCUT2D eigenvalue weighted by Gasteiger charge is -2.13. The first kappa shape index (κ1) is 17.0. The molecule has 0 spiro atoms. The average molecular weight is 293 g/mol. The third-order valence-electron chi connectivity index (χ3n) is 3.04. The van der Waals surface area contributed by atoms with Crippen LogP contribution in [0.1, 0.15) is 30.9 Å². The molecule has 116 valence electrons. The zero-order chi connectivity index (χ0) is 15.8. The molecule has 0 aliphatic rings. The van der Waals surface area contributed by atoms with Gasteiger partial charge >= 0.3 is 5.97 Å². The van der Waals surface area contributed by atoms with Crippen LogP contribution < -0.4 is 10.1 Å². The highest BCUT2D eigenvalue weighted by molar-refractivity contribution is 5.77. The van der Waals surface area contributed by atoms with Crippen LogP contribution in [-0.2, 0) is 14.3 Å². The predicted octanol–water partition coefficient (Wildman–Crippen LogP) is 2.14. The van der Waals surface area contributed by atoms with Crippen molar-refractivity contribution in [3.8, 4) is 5.75 Å². The van der Waals surface area contributed by atoms with E-state index >= 15 is 0 Å². The summed E-state index contributed by atoms with van der Waals surface area (Å²) in [7, 11) is 1.33. The molecule has 21 heavy (non-hydrogen) atoms. The van der Waals surface area contributed by atoms with Crippen molar-refractivity contribution in [2.45, 2.75) is 39.7 Å². The number of hydrogen-bond acceptors (Lipinski definition) is 4. The predicted molar refractivity (Wildman–Crippen MR) is 80.3 cm³/mol. The van der Waals surface area contributed by atoms with Gasteiger partial charge in [0.25, 0.3) is 0 Å². The minimum absolute atomic E-state index is 0.142. The summed E-state index contributed by atoms with van der Waals surface area (Å²) in [6.07, 6.45) is 0.416. The third-order valence-corrected chi connectivity index (χ3v) is 3.04. The Kier molecular flexibility index (Phi) is 6.72. The van der Waals surface area contributed by atoms with E-state index in [1.165, 1.54) is 7.11 Å². The van der Waals surface area contributed by atoms with Gasteiger partial charge in [-0.05, 0) is 38.0 Å². The van der Waals surface area contributed by atoms with Gasteiger partial charge in [0.1, 0.15) is 5.75 Å². The van der Waals surface area contributed by atoms with Gasteiger partial charge in [0.2, 0.25) is 5.91 Å². The molecule has 0 saturated heterocycles. The van der Waals surface area contributed by atoms with E-state index < -0.39 is 0 Å². The number of nitrogens with one attached hydrogen (secondary N) is 1. The van der Waals surface area contributed by atoms with Crippen molar-refractivity contribution >= 4 is 11.9 Å². The largest absolute Gasteiger partial charge is 0.493 e. The molecule has 0 saturated carbocycles. The fourth-order valence-electron chi connectivity index (χ4n) is 1.85. The van der Waals surface area contributed by atoms with Crippen LogP contribution >= 0.6 is 0 Å². The average Bonchev–Trinajstić information content (AvgIpc) is 2.42. The summed E-state index contributed by atoms with van der Waals surface area (Å²) >= 11 is 0. The molecule has 1 N–H and O–H groups in total. The molecule has 0 bridgehead atoms. The quantitative estimate of drug-likeness (QED) is 0.782. The van der Waals surface area contributed by atoms with Crippen molar-refractivity contribution in [1.29, 1.82) is 0 Å². The zero-order valence-electron chi connectivity index (χ0n) is 13.1. The van der Waals surface area contributed by atoms with E-state index in [4.69, 9.17) is 4.74 Å². The van der Waals surface area contributed by atoms with Gasteiger partial charge in [-0.15, -0.1) is 0 Å². The van der Waals surface area contributed by atoms with Crippen molar-refractivity contribution in [3.63, 3.8) is 0 Å². The summed E-state index contributed by atoms with van der Waals surface area (Å²) in [5, 5.41) is 2.74. The molecule has 0 heterocycles. The van der Waals surface area contributed by atoms with E-state index in [9.17, 15) is 9.59 Å². The topological polar surface area (TPSA) is 64.6 Å². The maximum Gasteiger partial charge on any atom is 0.307 e. The zero-order valence-corrected chi connectivity index (χ0v) is 13.1. The highest BCUT2D eigenvalue weighted by Gasteiger charge is 2.12. The minimum Gasteiger partial charge on any atom is -0.493 e. The third kappa shape index (κ3) is 6.29. The van der Waals surface area contributed by atoms with Crippen LogP contribution in [0, 0.1) is 13.8 Å². The van der Waals surface area contributed by atoms with Gasteiger partial charge in [-0.1, -0.05) is 12.1 Å². The highest BCUT2D eigenvalue weighted by atomic mass is 16.5. The number of rotatable bonds is 7. The Bertz CT molecular complexity index is 499. The van der Waals surface area contributed by atoms with Crippen LogP contribution in [0.15, 0.2) is 18.2 Å². The molecule has 1 unspecified atom stereocenters. The highest BCUT2D eigenvalue weighted by Crippen LogP contribution is 2.19. The van der Waals surface area contributed by atoms with Crippen molar-refractivity contribution < 1.29 is 19.1 Å². The number of carbonyl (C=O) groups is 2. The van der Waals surface area contributed by atoms with E-state index in [0.29, 0.717) is 6.61 Å². The van der Waals surface area contributed by atoms with Crippen LogP contribution in [0.4, 0.5) is 0 Å². The number of amides is 1. The lowest BCUT2D eigenvalue weighted by atomic mass is 10.1. The first-order valence-corrected chi connectivity index (χ1v) is 6.98. The second-order valence-electron chi connectivity index (χ2n) is 5.12. The van der Waals surface area contributed by atoms with E-state index in [-0.39, 0.29) is 30.8 Å². The summed E-state index contributed by atoms with van der Waals surface area (Å²) in [6, 6.07) is 5.71. The Labute approximate surface area is 125 Å².